The number of esters is 1. The predicted molar refractivity (Wildman–Crippen MR) is 66.3 cm³/mol. The van der Waals surface area contributed by atoms with Gasteiger partial charge in [0.25, 0.3) is 0 Å². The van der Waals surface area contributed by atoms with Gasteiger partial charge in [-0.05, 0) is 29.5 Å². The molecule has 2 atom stereocenters. The first-order valence-electron chi connectivity index (χ1n) is 6.09. The molecule has 94 valence electrons. The van der Waals surface area contributed by atoms with Crippen molar-refractivity contribution in [2.45, 2.75) is 25.2 Å². The lowest BCUT2D eigenvalue weighted by molar-refractivity contribution is -0.144. The maximum atomic E-state index is 12.0. The van der Waals surface area contributed by atoms with Crippen LogP contribution in [0.5, 0.6) is 0 Å². The maximum Gasteiger partial charge on any atom is 0.316 e. The third-order valence-electron chi connectivity index (χ3n) is 4.10. The lowest BCUT2D eigenvalue weighted by Gasteiger charge is -2.15. The molecule has 1 aliphatic carbocycles. The number of amides is 1. The third-order valence-corrected chi connectivity index (χ3v) is 4.10. The Morgan fingerprint density at radius 2 is 2.22 bits per heavy atom. The van der Waals surface area contributed by atoms with E-state index < -0.39 is 5.41 Å². The Hall–Kier alpha value is -1.84. The summed E-state index contributed by atoms with van der Waals surface area (Å²) in [5.74, 6) is 0.137. The van der Waals surface area contributed by atoms with Crippen LogP contribution in [0.1, 0.15) is 24.5 Å². The molecule has 0 saturated heterocycles. The summed E-state index contributed by atoms with van der Waals surface area (Å²) < 4.78 is 4.92. The molecule has 3 rings (SSSR count). The van der Waals surface area contributed by atoms with E-state index in [1.807, 2.05) is 25.1 Å². The van der Waals surface area contributed by atoms with Crippen LogP contribution < -0.4 is 5.32 Å². The minimum absolute atomic E-state index is 0.0121. The first-order valence-corrected chi connectivity index (χ1v) is 6.09. The van der Waals surface area contributed by atoms with Gasteiger partial charge in [0, 0.05) is 5.69 Å². The van der Waals surface area contributed by atoms with Gasteiger partial charge in [-0.25, -0.2) is 0 Å². The minimum atomic E-state index is -0.491. The molecule has 1 N–H and O–H groups in total. The molecular weight excluding hydrogens is 230 g/mol. The summed E-state index contributed by atoms with van der Waals surface area (Å²) in [5.41, 5.74) is 2.31. The summed E-state index contributed by atoms with van der Waals surface area (Å²) in [6, 6.07) is 5.77. The Bertz CT molecular complexity index is 552. The van der Waals surface area contributed by atoms with E-state index >= 15 is 0 Å². The SMILES string of the molecule is COC(=O)C1(c2ccc3c(c2)CC(=O)N3)CC1C. The zero-order valence-electron chi connectivity index (χ0n) is 10.4. The van der Waals surface area contributed by atoms with Crippen molar-refractivity contribution >= 4 is 17.6 Å². The Morgan fingerprint density at radius 3 is 2.83 bits per heavy atom. The molecule has 0 bridgehead atoms. The summed E-state index contributed by atoms with van der Waals surface area (Å²) in [5, 5.41) is 2.80. The summed E-state index contributed by atoms with van der Waals surface area (Å²) in [4.78, 5) is 23.3. The second-order valence-corrected chi connectivity index (χ2v) is 5.16. The quantitative estimate of drug-likeness (QED) is 0.806. The van der Waals surface area contributed by atoms with Crippen molar-refractivity contribution in [2.75, 3.05) is 12.4 Å². The molecule has 0 spiro atoms. The van der Waals surface area contributed by atoms with Crippen molar-refractivity contribution in [3.05, 3.63) is 29.3 Å². The molecule has 2 unspecified atom stereocenters. The van der Waals surface area contributed by atoms with Crippen LogP contribution in [0.2, 0.25) is 0 Å². The number of carbonyl (C=O) groups excluding carboxylic acids is 2. The molecule has 1 saturated carbocycles. The highest BCUT2D eigenvalue weighted by atomic mass is 16.5. The van der Waals surface area contributed by atoms with Crippen LogP contribution in [-0.2, 0) is 26.2 Å². The van der Waals surface area contributed by atoms with Gasteiger partial charge in [0.1, 0.15) is 0 Å². The Labute approximate surface area is 105 Å². The molecule has 18 heavy (non-hydrogen) atoms. The Kier molecular flexibility index (Phi) is 2.24. The monoisotopic (exact) mass is 245 g/mol. The van der Waals surface area contributed by atoms with E-state index in [9.17, 15) is 9.59 Å². The van der Waals surface area contributed by atoms with E-state index in [2.05, 4.69) is 5.32 Å². The standard InChI is InChI=1S/C14H15NO3/c1-8-7-14(8,13(17)18-2)10-3-4-11-9(5-10)6-12(16)15-11/h3-5,8H,6-7H2,1-2H3,(H,15,16). The fourth-order valence-electron chi connectivity index (χ4n) is 2.92. The highest BCUT2D eigenvalue weighted by Gasteiger charge is 2.59. The molecule has 0 radical (unpaired) electrons. The average molecular weight is 245 g/mol. The largest absolute Gasteiger partial charge is 0.468 e. The van der Waals surface area contributed by atoms with E-state index in [-0.39, 0.29) is 11.9 Å². The molecule has 4 heteroatoms. The van der Waals surface area contributed by atoms with Gasteiger partial charge in [-0.3, -0.25) is 9.59 Å². The lowest BCUT2D eigenvalue weighted by Crippen LogP contribution is -2.24. The van der Waals surface area contributed by atoms with Crippen LogP contribution >= 0.6 is 0 Å². The average Bonchev–Trinajstić information content (AvgIpc) is 2.89. The molecule has 1 aromatic carbocycles. The fourth-order valence-corrected chi connectivity index (χ4v) is 2.92. The highest BCUT2D eigenvalue weighted by Crippen LogP contribution is 2.55. The molecule has 4 nitrogen and oxygen atoms in total. The van der Waals surface area contributed by atoms with Crippen molar-refractivity contribution in [3.63, 3.8) is 0 Å². The van der Waals surface area contributed by atoms with Crippen molar-refractivity contribution in [2.24, 2.45) is 5.92 Å². The number of methoxy groups -OCH3 is 1. The number of carbonyl (C=O) groups is 2. The van der Waals surface area contributed by atoms with Crippen molar-refractivity contribution in [1.29, 1.82) is 0 Å². The van der Waals surface area contributed by atoms with Gasteiger partial charge in [-0.2, -0.15) is 0 Å². The van der Waals surface area contributed by atoms with Gasteiger partial charge < -0.3 is 10.1 Å². The van der Waals surface area contributed by atoms with Crippen molar-refractivity contribution in [3.8, 4) is 0 Å². The third kappa shape index (κ3) is 1.38. The lowest BCUT2D eigenvalue weighted by atomic mass is 9.91. The first-order chi connectivity index (χ1) is 8.57. The normalized spacial score (nSPS) is 28.6. The zero-order chi connectivity index (χ0) is 12.9. The van der Waals surface area contributed by atoms with Gasteiger partial charge >= 0.3 is 5.97 Å². The van der Waals surface area contributed by atoms with Gasteiger partial charge in [0.05, 0.1) is 18.9 Å². The van der Waals surface area contributed by atoms with E-state index in [0.717, 1.165) is 23.2 Å². The Morgan fingerprint density at radius 1 is 1.50 bits per heavy atom. The molecule has 0 aromatic heterocycles. The number of ether oxygens (including phenoxy) is 1. The molecule has 1 heterocycles. The topological polar surface area (TPSA) is 55.4 Å². The van der Waals surface area contributed by atoms with Crippen LogP contribution in [0.25, 0.3) is 0 Å². The van der Waals surface area contributed by atoms with Crippen LogP contribution in [-0.4, -0.2) is 19.0 Å². The van der Waals surface area contributed by atoms with Crippen LogP contribution in [0.4, 0.5) is 5.69 Å². The fraction of sp³-hybridized carbons (Fsp3) is 0.429. The maximum absolute atomic E-state index is 12.0. The summed E-state index contributed by atoms with van der Waals surface area (Å²) in [7, 11) is 1.42. The summed E-state index contributed by atoms with van der Waals surface area (Å²) in [6.07, 6.45) is 1.22. The van der Waals surface area contributed by atoms with Crippen LogP contribution in [0, 0.1) is 5.92 Å². The van der Waals surface area contributed by atoms with E-state index in [1.54, 1.807) is 0 Å². The predicted octanol–water partition coefficient (Wildman–Crippen LogP) is 1.63. The summed E-state index contributed by atoms with van der Waals surface area (Å²) in [6.45, 7) is 2.05. The number of benzene rings is 1. The number of nitrogens with one attached hydrogen (secondary N) is 1. The molecule has 1 amide bonds. The van der Waals surface area contributed by atoms with Crippen molar-refractivity contribution in [1.82, 2.24) is 0 Å². The number of hydrogen-bond acceptors (Lipinski definition) is 3. The number of fused-ring (bicyclic) bond motifs is 1. The number of hydrogen-bond donors (Lipinski definition) is 1. The molecule has 2 aliphatic rings. The first kappa shape index (κ1) is 11.3. The Balaban J connectivity index is 2.01. The van der Waals surface area contributed by atoms with Gasteiger partial charge in [-0.15, -0.1) is 0 Å². The van der Waals surface area contributed by atoms with Crippen LogP contribution in [0.3, 0.4) is 0 Å². The minimum Gasteiger partial charge on any atom is -0.468 e. The van der Waals surface area contributed by atoms with E-state index in [1.165, 1.54) is 7.11 Å². The van der Waals surface area contributed by atoms with Gasteiger partial charge in [-0.1, -0.05) is 19.1 Å². The van der Waals surface area contributed by atoms with E-state index in [0.29, 0.717) is 12.3 Å². The number of rotatable bonds is 2. The molecule has 1 aromatic rings. The zero-order valence-corrected chi connectivity index (χ0v) is 10.4. The second kappa shape index (κ2) is 3.57. The highest BCUT2D eigenvalue weighted by molar-refractivity contribution is 5.99. The van der Waals surface area contributed by atoms with Crippen LogP contribution in [0.15, 0.2) is 18.2 Å². The van der Waals surface area contributed by atoms with E-state index in [4.69, 9.17) is 4.74 Å². The summed E-state index contributed by atoms with van der Waals surface area (Å²) >= 11 is 0. The molecule has 1 aliphatic heterocycles. The van der Waals surface area contributed by atoms with Gasteiger partial charge in [0.2, 0.25) is 5.91 Å². The molecule has 1 fully saturated rings. The van der Waals surface area contributed by atoms with Gasteiger partial charge in [0.15, 0.2) is 0 Å². The van der Waals surface area contributed by atoms with Crippen molar-refractivity contribution < 1.29 is 14.3 Å². The smallest absolute Gasteiger partial charge is 0.316 e. The number of anilines is 1. The molecular formula is C14H15NO3. The second-order valence-electron chi connectivity index (χ2n) is 5.16.